The second-order valence-electron chi connectivity index (χ2n) is 7.14. The molecule has 12 nitrogen and oxygen atoms in total. The molecule has 1 fully saturated rings. The molecule has 0 saturated carbocycles. The normalized spacial score (nSPS) is 13.4. The quantitative estimate of drug-likeness (QED) is 0.405. The summed E-state index contributed by atoms with van der Waals surface area (Å²) in [5, 5.41) is 11.9. The predicted octanol–water partition coefficient (Wildman–Crippen LogP) is 1.87. The molecule has 1 aromatic carbocycles. The van der Waals surface area contributed by atoms with Gasteiger partial charge in [-0.1, -0.05) is 0 Å². The summed E-state index contributed by atoms with van der Waals surface area (Å²) in [7, 11) is 1.62. The minimum absolute atomic E-state index is 0.0926. The number of pyridine rings is 1. The summed E-state index contributed by atoms with van der Waals surface area (Å²) in [6, 6.07) is 10.8. The zero-order valence-corrected chi connectivity index (χ0v) is 17.8. The number of amides is 1. The van der Waals surface area contributed by atoms with E-state index < -0.39 is 10.8 Å². The van der Waals surface area contributed by atoms with Gasteiger partial charge in [0.1, 0.15) is 12.1 Å². The molecule has 0 atom stereocenters. The van der Waals surface area contributed by atoms with Crippen molar-refractivity contribution < 1.29 is 14.5 Å². The molecule has 170 valence electrons. The summed E-state index contributed by atoms with van der Waals surface area (Å²) >= 11 is 0. The van der Waals surface area contributed by atoms with E-state index in [1.807, 2.05) is 29.2 Å². The van der Waals surface area contributed by atoms with Crippen LogP contribution in [-0.4, -0.2) is 59.1 Å². The lowest BCUT2D eigenvalue weighted by molar-refractivity contribution is -0.383. The monoisotopic (exact) mass is 450 g/mol. The molecule has 1 aliphatic heterocycles. The van der Waals surface area contributed by atoms with E-state index >= 15 is 0 Å². The smallest absolute Gasteiger partial charge is 0.355 e. The van der Waals surface area contributed by atoms with Crippen LogP contribution in [0.1, 0.15) is 10.4 Å². The third kappa shape index (κ3) is 4.89. The van der Waals surface area contributed by atoms with Crippen LogP contribution in [0.15, 0.2) is 55.1 Å². The Kier molecular flexibility index (Phi) is 6.43. The Labute approximate surface area is 189 Å². The number of nitrogens with zero attached hydrogens (tertiary/aromatic N) is 6. The van der Waals surface area contributed by atoms with Crippen molar-refractivity contribution in [3.05, 3.63) is 70.8 Å². The zero-order chi connectivity index (χ0) is 23.2. The topological polar surface area (TPSA) is 139 Å². The van der Waals surface area contributed by atoms with E-state index in [0.29, 0.717) is 31.7 Å². The molecule has 1 amide bonds. The second kappa shape index (κ2) is 9.77. The van der Waals surface area contributed by atoms with Crippen LogP contribution in [0.5, 0.6) is 5.75 Å². The van der Waals surface area contributed by atoms with E-state index in [2.05, 4.69) is 30.7 Å². The van der Waals surface area contributed by atoms with Gasteiger partial charge >= 0.3 is 5.69 Å². The highest BCUT2D eigenvalue weighted by Crippen LogP contribution is 2.32. The number of aromatic nitrogens is 3. The molecule has 0 bridgehead atoms. The Hall–Kier alpha value is -4.48. The van der Waals surface area contributed by atoms with Crippen molar-refractivity contribution in [2.24, 2.45) is 0 Å². The van der Waals surface area contributed by atoms with Crippen LogP contribution in [0.3, 0.4) is 0 Å². The molecule has 2 N–H and O–H groups in total. The molecule has 1 saturated heterocycles. The molecular weight excluding hydrogens is 428 g/mol. The predicted molar refractivity (Wildman–Crippen MR) is 121 cm³/mol. The van der Waals surface area contributed by atoms with Crippen molar-refractivity contribution in [2.75, 3.05) is 48.5 Å². The lowest BCUT2D eigenvalue weighted by Gasteiger charge is -2.36. The number of hydrazine groups is 1. The van der Waals surface area contributed by atoms with Crippen LogP contribution in [0.2, 0.25) is 0 Å². The fourth-order valence-electron chi connectivity index (χ4n) is 3.52. The van der Waals surface area contributed by atoms with Crippen molar-refractivity contribution in [3.63, 3.8) is 0 Å². The van der Waals surface area contributed by atoms with Crippen LogP contribution in [0.4, 0.5) is 23.0 Å². The summed E-state index contributed by atoms with van der Waals surface area (Å²) in [5.74, 6) is 0.417. The third-order valence-electron chi connectivity index (χ3n) is 5.24. The second-order valence-corrected chi connectivity index (χ2v) is 7.14. The Morgan fingerprint density at radius 1 is 1.03 bits per heavy atom. The van der Waals surface area contributed by atoms with Gasteiger partial charge in [-0.15, -0.1) is 0 Å². The maximum Gasteiger partial charge on any atom is 0.355 e. The van der Waals surface area contributed by atoms with Gasteiger partial charge in [0.25, 0.3) is 5.91 Å². The van der Waals surface area contributed by atoms with Crippen LogP contribution in [0.25, 0.3) is 0 Å². The molecule has 0 unspecified atom stereocenters. The van der Waals surface area contributed by atoms with Gasteiger partial charge in [0, 0.05) is 49.8 Å². The summed E-state index contributed by atoms with van der Waals surface area (Å²) in [6.07, 6.45) is 4.19. The Bertz CT molecular complexity index is 1120. The average Bonchev–Trinajstić information content (AvgIpc) is 2.87. The van der Waals surface area contributed by atoms with Crippen molar-refractivity contribution in [1.82, 2.24) is 20.4 Å². The SMILES string of the molecule is COc1ccc(N2CCN(c3ncnc(NNC(=O)c4ccncc4)c3[N+](=O)[O-])CC2)cc1. The van der Waals surface area contributed by atoms with Crippen molar-refractivity contribution in [1.29, 1.82) is 0 Å². The number of carbonyl (C=O) groups excluding carboxylic acids is 1. The Balaban J connectivity index is 1.46. The number of nitrogens with one attached hydrogen (secondary N) is 2. The Morgan fingerprint density at radius 3 is 2.33 bits per heavy atom. The molecule has 3 aromatic rings. The van der Waals surface area contributed by atoms with E-state index in [9.17, 15) is 14.9 Å². The molecule has 3 heterocycles. The van der Waals surface area contributed by atoms with E-state index in [0.717, 1.165) is 11.4 Å². The highest BCUT2D eigenvalue weighted by molar-refractivity contribution is 5.94. The number of rotatable bonds is 7. The van der Waals surface area contributed by atoms with Gasteiger partial charge in [0.05, 0.1) is 12.0 Å². The third-order valence-corrected chi connectivity index (χ3v) is 5.24. The first-order chi connectivity index (χ1) is 16.1. The minimum Gasteiger partial charge on any atom is -0.497 e. The molecule has 4 rings (SSSR count). The molecule has 33 heavy (non-hydrogen) atoms. The number of anilines is 3. The van der Waals surface area contributed by atoms with Crippen LogP contribution >= 0.6 is 0 Å². The number of hydrogen-bond donors (Lipinski definition) is 2. The maximum absolute atomic E-state index is 12.3. The number of methoxy groups -OCH3 is 1. The van der Waals surface area contributed by atoms with Gasteiger partial charge in [-0.3, -0.25) is 30.7 Å². The van der Waals surface area contributed by atoms with Gasteiger partial charge in [-0.25, -0.2) is 9.97 Å². The molecule has 0 spiro atoms. The van der Waals surface area contributed by atoms with E-state index in [-0.39, 0.29) is 17.3 Å². The highest BCUT2D eigenvalue weighted by atomic mass is 16.6. The zero-order valence-electron chi connectivity index (χ0n) is 17.8. The van der Waals surface area contributed by atoms with Gasteiger partial charge in [-0.05, 0) is 36.4 Å². The fraction of sp³-hybridized carbons (Fsp3) is 0.238. The van der Waals surface area contributed by atoms with Gasteiger partial charge in [-0.2, -0.15) is 0 Å². The summed E-state index contributed by atoms with van der Waals surface area (Å²) < 4.78 is 5.20. The standard InChI is InChI=1S/C21H22N8O4/c1-33-17-4-2-16(3-5-17)27-10-12-28(13-11-27)20-18(29(31)32)19(23-14-24-20)25-26-21(30)15-6-8-22-9-7-15/h2-9,14H,10-13H2,1H3,(H,26,30)(H,23,24,25). The minimum atomic E-state index is -0.549. The molecule has 0 aliphatic carbocycles. The maximum atomic E-state index is 12.3. The highest BCUT2D eigenvalue weighted by Gasteiger charge is 2.29. The lowest BCUT2D eigenvalue weighted by atomic mass is 10.2. The summed E-state index contributed by atoms with van der Waals surface area (Å²) in [5.41, 5.74) is 6.09. The molecular formula is C21H22N8O4. The van der Waals surface area contributed by atoms with Crippen LogP contribution < -0.4 is 25.4 Å². The van der Waals surface area contributed by atoms with Crippen LogP contribution in [0, 0.1) is 10.1 Å². The van der Waals surface area contributed by atoms with Crippen LogP contribution in [-0.2, 0) is 0 Å². The fourth-order valence-corrected chi connectivity index (χ4v) is 3.52. The first kappa shape index (κ1) is 21.7. The lowest BCUT2D eigenvalue weighted by Crippen LogP contribution is -2.47. The summed E-state index contributed by atoms with van der Waals surface area (Å²) in [6.45, 7) is 2.39. The van der Waals surface area contributed by atoms with Crippen molar-refractivity contribution in [2.45, 2.75) is 0 Å². The number of carbonyl (C=O) groups is 1. The number of nitro groups is 1. The molecule has 1 aliphatic rings. The van der Waals surface area contributed by atoms with E-state index in [1.54, 1.807) is 7.11 Å². The van der Waals surface area contributed by atoms with Crippen molar-refractivity contribution >= 4 is 28.9 Å². The number of hydrogen-bond acceptors (Lipinski definition) is 10. The number of piperazine rings is 1. The first-order valence-corrected chi connectivity index (χ1v) is 10.2. The number of ether oxygens (including phenoxy) is 1. The molecule has 2 aromatic heterocycles. The van der Waals surface area contributed by atoms with Gasteiger partial charge in [0.2, 0.25) is 11.6 Å². The van der Waals surface area contributed by atoms with E-state index in [4.69, 9.17) is 4.74 Å². The van der Waals surface area contributed by atoms with Gasteiger partial charge in [0.15, 0.2) is 0 Å². The average molecular weight is 450 g/mol. The number of benzene rings is 1. The summed E-state index contributed by atoms with van der Waals surface area (Å²) in [4.78, 5) is 39.6. The largest absolute Gasteiger partial charge is 0.497 e. The van der Waals surface area contributed by atoms with Crippen molar-refractivity contribution in [3.8, 4) is 5.75 Å². The Morgan fingerprint density at radius 2 is 1.70 bits per heavy atom. The van der Waals surface area contributed by atoms with Gasteiger partial charge < -0.3 is 14.5 Å². The first-order valence-electron chi connectivity index (χ1n) is 10.2. The molecule has 12 heteroatoms. The molecule has 0 radical (unpaired) electrons. The van der Waals surface area contributed by atoms with E-state index in [1.165, 1.54) is 30.9 Å².